The van der Waals surface area contributed by atoms with Gasteiger partial charge in [0.05, 0.1) is 10.6 Å². The molecule has 1 aliphatic heterocycles. The molecule has 2 N–H and O–H groups in total. The minimum absolute atomic E-state index is 0.102. The number of nitrogens with one attached hydrogen (secondary N) is 2. The molecule has 1 aromatic carbocycles. The quantitative estimate of drug-likeness (QED) is 0.439. The smallest absolute Gasteiger partial charge is 0.293 e. The van der Waals surface area contributed by atoms with Crippen molar-refractivity contribution in [1.29, 1.82) is 0 Å². The van der Waals surface area contributed by atoms with Crippen molar-refractivity contribution < 1.29 is 18.8 Å². The van der Waals surface area contributed by atoms with Gasteiger partial charge in [-0.05, 0) is 43.5 Å². The first kappa shape index (κ1) is 19.9. The van der Waals surface area contributed by atoms with Crippen molar-refractivity contribution >= 4 is 41.1 Å². The Balaban J connectivity index is 1.50. The Morgan fingerprint density at radius 2 is 2.03 bits per heavy atom. The van der Waals surface area contributed by atoms with E-state index < -0.39 is 29.0 Å². The number of carbonyl (C=O) groups excluding carboxylic acids is 3. The molecule has 2 heterocycles. The van der Waals surface area contributed by atoms with Crippen LogP contribution in [0.2, 0.25) is 5.02 Å². The van der Waals surface area contributed by atoms with Gasteiger partial charge in [-0.1, -0.05) is 17.5 Å². The van der Waals surface area contributed by atoms with Gasteiger partial charge in [0.1, 0.15) is 11.4 Å². The zero-order valence-corrected chi connectivity index (χ0v) is 16.8. The van der Waals surface area contributed by atoms with E-state index in [1.165, 1.54) is 12.1 Å². The third-order valence-corrected chi connectivity index (χ3v) is 5.55. The average molecular weight is 426 g/mol. The molecule has 6 nitrogen and oxygen atoms in total. The molecule has 0 atom stereocenters. The van der Waals surface area contributed by atoms with Crippen molar-refractivity contribution in [3.8, 4) is 12.3 Å². The number of halogens is 2. The summed E-state index contributed by atoms with van der Waals surface area (Å²) in [6, 6.07) is 3.87. The van der Waals surface area contributed by atoms with Gasteiger partial charge in [0, 0.05) is 35.8 Å². The first-order valence-electron chi connectivity index (χ1n) is 9.25. The fourth-order valence-corrected chi connectivity index (χ4v) is 3.63. The Kier molecular flexibility index (Phi) is 4.75. The van der Waals surface area contributed by atoms with Crippen molar-refractivity contribution in [3.05, 3.63) is 57.6 Å². The van der Waals surface area contributed by atoms with E-state index in [0.29, 0.717) is 35.4 Å². The maximum Gasteiger partial charge on any atom is 0.293 e. The van der Waals surface area contributed by atoms with Crippen molar-refractivity contribution in [2.45, 2.75) is 31.7 Å². The molecule has 8 heteroatoms. The molecule has 1 fully saturated rings. The number of terminal acetylenes is 1. The highest BCUT2D eigenvalue weighted by molar-refractivity contribution is 6.43. The molecule has 0 spiro atoms. The lowest BCUT2D eigenvalue weighted by molar-refractivity contribution is -0.117. The lowest BCUT2D eigenvalue weighted by atomic mass is 10.0. The number of anilines is 1. The van der Waals surface area contributed by atoms with Gasteiger partial charge in [-0.15, -0.1) is 6.42 Å². The van der Waals surface area contributed by atoms with Gasteiger partial charge >= 0.3 is 0 Å². The highest BCUT2D eigenvalue weighted by Gasteiger charge is 2.44. The Bertz CT molecular complexity index is 1180. The number of aryl methyl sites for hydroxylation is 1. The van der Waals surface area contributed by atoms with E-state index in [2.05, 4.69) is 16.6 Å². The fraction of sp³-hybridized carbons (Fsp3) is 0.227. The monoisotopic (exact) mass is 425 g/mol. The number of hydrogen-bond acceptors (Lipinski definition) is 3. The molecule has 2 aliphatic rings. The van der Waals surface area contributed by atoms with E-state index in [-0.39, 0.29) is 17.0 Å². The van der Waals surface area contributed by atoms with E-state index in [9.17, 15) is 18.8 Å². The summed E-state index contributed by atoms with van der Waals surface area (Å²) in [7, 11) is 0. The van der Waals surface area contributed by atoms with Crippen LogP contribution in [0.25, 0.3) is 6.20 Å². The van der Waals surface area contributed by atoms with E-state index in [1.54, 1.807) is 23.9 Å². The molecular formula is C22H17ClFN3O3. The number of rotatable bonds is 5. The summed E-state index contributed by atoms with van der Waals surface area (Å²) >= 11 is 5.74. The zero-order chi connectivity index (χ0) is 21.6. The van der Waals surface area contributed by atoms with E-state index in [4.69, 9.17) is 18.0 Å². The third kappa shape index (κ3) is 3.51. The first-order valence-corrected chi connectivity index (χ1v) is 9.63. The molecule has 1 aromatic heterocycles. The van der Waals surface area contributed by atoms with Gasteiger partial charge in [-0.2, -0.15) is 0 Å². The molecule has 152 valence electrons. The molecule has 30 heavy (non-hydrogen) atoms. The Morgan fingerprint density at radius 1 is 1.30 bits per heavy atom. The van der Waals surface area contributed by atoms with E-state index >= 15 is 0 Å². The van der Waals surface area contributed by atoms with Crippen molar-refractivity contribution in [2.24, 2.45) is 0 Å². The number of Topliss-reactive ketones (excluding diaryl/α,β-unsaturated/α-hetero) is 1. The summed E-state index contributed by atoms with van der Waals surface area (Å²) in [5, 5.41) is 5.18. The standard InChI is InChI=1S/C22H17ClFN3O3/c1-3-22(6-7-22)26-21(30)19(28)18-12(2)10-27-11-13(8-17(18)27)20(29)25-14-4-5-16(24)15(23)9-14/h1,4-5,9-11H,6-8H2,2H3,(H,25,29)(H,26,30). The second-order valence-corrected chi connectivity index (χ2v) is 7.87. The zero-order valence-electron chi connectivity index (χ0n) is 16.0. The topological polar surface area (TPSA) is 80.2 Å². The molecule has 0 radical (unpaired) electrons. The van der Waals surface area contributed by atoms with Crippen LogP contribution in [0.1, 0.15) is 34.5 Å². The molecule has 0 bridgehead atoms. The molecule has 4 rings (SSSR count). The van der Waals surface area contributed by atoms with Crippen molar-refractivity contribution in [1.82, 2.24) is 9.88 Å². The molecular weight excluding hydrogens is 409 g/mol. The first-order chi connectivity index (χ1) is 14.2. The highest BCUT2D eigenvalue weighted by atomic mass is 35.5. The number of amides is 2. The van der Waals surface area contributed by atoms with Crippen LogP contribution >= 0.6 is 11.6 Å². The number of benzene rings is 1. The van der Waals surface area contributed by atoms with Gasteiger partial charge in [0.2, 0.25) is 0 Å². The van der Waals surface area contributed by atoms with Crippen LogP contribution in [0.15, 0.2) is 30.0 Å². The van der Waals surface area contributed by atoms with Crippen LogP contribution < -0.4 is 10.6 Å². The fourth-order valence-electron chi connectivity index (χ4n) is 3.45. The number of aromatic nitrogens is 1. The Hall–Kier alpha value is -3.37. The number of fused-ring (bicyclic) bond motifs is 1. The van der Waals surface area contributed by atoms with Gasteiger partial charge in [0.25, 0.3) is 17.6 Å². The summed E-state index contributed by atoms with van der Waals surface area (Å²) in [5.74, 6) is 0.0973. The molecule has 1 saturated carbocycles. The second-order valence-electron chi connectivity index (χ2n) is 7.46. The second kappa shape index (κ2) is 7.15. The van der Waals surface area contributed by atoms with E-state index in [1.807, 2.05) is 0 Å². The molecule has 0 unspecified atom stereocenters. The van der Waals surface area contributed by atoms with Crippen molar-refractivity contribution in [3.63, 3.8) is 0 Å². The number of carbonyl (C=O) groups is 3. The summed E-state index contributed by atoms with van der Waals surface area (Å²) in [4.78, 5) is 37.8. The predicted octanol–water partition coefficient (Wildman–Crippen LogP) is 3.09. The molecule has 0 saturated heterocycles. The highest BCUT2D eigenvalue weighted by Crippen LogP contribution is 2.35. The Morgan fingerprint density at radius 3 is 2.67 bits per heavy atom. The van der Waals surface area contributed by atoms with Crippen LogP contribution in [0, 0.1) is 25.1 Å². The SMILES string of the molecule is C#CC1(NC(=O)C(=O)c2c(C)cn3c2CC(C(=O)Nc2ccc(F)c(Cl)c2)=C3)CC1. The summed E-state index contributed by atoms with van der Waals surface area (Å²) in [6.07, 6.45) is 10.2. The average Bonchev–Trinajstić information content (AvgIpc) is 3.25. The normalized spacial score (nSPS) is 15.6. The van der Waals surface area contributed by atoms with Gasteiger partial charge < -0.3 is 15.2 Å². The molecule has 2 aromatic rings. The van der Waals surface area contributed by atoms with Crippen LogP contribution in [0.3, 0.4) is 0 Å². The third-order valence-electron chi connectivity index (χ3n) is 5.26. The summed E-state index contributed by atoms with van der Waals surface area (Å²) in [6.45, 7) is 1.73. The van der Waals surface area contributed by atoms with Crippen LogP contribution in [0.4, 0.5) is 10.1 Å². The molecule has 2 amide bonds. The lowest BCUT2D eigenvalue weighted by Gasteiger charge is -2.11. The lowest BCUT2D eigenvalue weighted by Crippen LogP contribution is -2.40. The number of ketones is 1. The number of nitrogens with zero attached hydrogens (tertiary/aromatic N) is 1. The van der Waals surface area contributed by atoms with Crippen LogP contribution in [-0.4, -0.2) is 27.7 Å². The maximum atomic E-state index is 13.3. The Labute approximate surface area is 177 Å². The van der Waals surface area contributed by atoms with Crippen LogP contribution in [-0.2, 0) is 16.0 Å². The van der Waals surface area contributed by atoms with Crippen LogP contribution in [0.5, 0.6) is 0 Å². The van der Waals surface area contributed by atoms with E-state index in [0.717, 1.165) is 6.07 Å². The van der Waals surface area contributed by atoms with Gasteiger partial charge in [-0.3, -0.25) is 14.4 Å². The minimum atomic E-state index is -0.749. The van der Waals surface area contributed by atoms with Gasteiger partial charge in [0.15, 0.2) is 0 Å². The molecule has 1 aliphatic carbocycles. The predicted molar refractivity (Wildman–Crippen MR) is 110 cm³/mol. The summed E-state index contributed by atoms with van der Waals surface area (Å²) < 4.78 is 15.0. The maximum absolute atomic E-state index is 13.3. The number of hydrogen-bond donors (Lipinski definition) is 2. The van der Waals surface area contributed by atoms with Gasteiger partial charge in [-0.25, -0.2) is 4.39 Å². The van der Waals surface area contributed by atoms with Crippen molar-refractivity contribution in [2.75, 3.05) is 5.32 Å². The largest absolute Gasteiger partial charge is 0.333 e. The minimum Gasteiger partial charge on any atom is -0.333 e. The summed E-state index contributed by atoms with van der Waals surface area (Å²) in [5.41, 5.74) is 1.48.